The van der Waals surface area contributed by atoms with Crippen molar-refractivity contribution < 1.29 is 5.11 Å². The summed E-state index contributed by atoms with van der Waals surface area (Å²) in [6.07, 6.45) is 3.76. The standard InChI is InChI=1S/C10H19N3O/c1-4-8(2)5-9(14)6-10-11-7-12-13(10)3/h7-9,14H,4-6H2,1-3H3. The molecule has 1 heterocycles. The van der Waals surface area contributed by atoms with Crippen LogP contribution in [-0.4, -0.2) is 26.0 Å². The quantitative estimate of drug-likeness (QED) is 0.770. The van der Waals surface area contributed by atoms with Crippen LogP contribution in [0.1, 0.15) is 32.5 Å². The topological polar surface area (TPSA) is 50.9 Å². The van der Waals surface area contributed by atoms with Gasteiger partial charge in [-0.05, 0) is 12.3 Å². The summed E-state index contributed by atoms with van der Waals surface area (Å²) in [4.78, 5) is 4.08. The number of aryl methyl sites for hydroxylation is 1. The smallest absolute Gasteiger partial charge is 0.138 e. The van der Waals surface area contributed by atoms with Gasteiger partial charge in [-0.3, -0.25) is 4.68 Å². The summed E-state index contributed by atoms with van der Waals surface area (Å²) < 4.78 is 1.71. The number of aromatic nitrogens is 3. The average molecular weight is 197 g/mol. The molecular formula is C10H19N3O. The molecule has 0 bridgehead atoms. The third-order valence-corrected chi connectivity index (χ3v) is 2.59. The van der Waals surface area contributed by atoms with E-state index in [0.717, 1.165) is 18.7 Å². The van der Waals surface area contributed by atoms with Crippen molar-refractivity contribution in [3.05, 3.63) is 12.2 Å². The molecular weight excluding hydrogens is 178 g/mol. The van der Waals surface area contributed by atoms with E-state index in [4.69, 9.17) is 0 Å². The summed E-state index contributed by atoms with van der Waals surface area (Å²) in [5.41, 5.74) is 0. The summed E-state index contributed by atoms with van der Waals surface area (Å²) in [6.45, 7) is 4.29. The van der Waals surface area contributed by atoms with E-state index in [2.05, 4.69) is 23.9 Å². The molecule has 0 fully saturated rings. The van der Waals surface area contributed by atoms with Crippen LogP contribution in [0.3, 0.4) is 0 Å². The van der Waals surface area contributed by atoms with Crippen LogP contribution >= 0.6 is 0 Å². The molecule has 80 valence electrons. The second-order valence-electron chi connectivity index (χ2n) is 3.91. The normalized spacial score (nSPS) is 15.4. The predicted molar refractivity (Wildman–Crippen MR) is 54.8 cm³/mol. The van der Waals surface area contributed by atoms with Gasteiger partial charge in [0.1, 0.15) is 12.2 Å². The molecule has 0 aromatic carbocycles. The van der Waals surface area contributed by atoms with Gasteiger partial charge in [0.2, 0.25) is 0 Å². The van der Waals surface area contributed by atoms with Crippen LogP contribution in [-0.2, 0) is 13.5 Å². The fourth-order valence-electron chi connectivity index (χ4n) is 1.43. The largest absolute Gasteiger partial charge is 0.393 e. The van der Waals surface area contributed by atoms with E-state index >= 15 is 0 Å². The number of nitrogens with zero attached hydrogens (tertiary/aromatic N) is 3. The summed E-state index contributed by atoms with van der Waals surface area (Å²) in [5, 5.41) is 13.7. The molecule has 0 saturated carbocycles. The van der Waals surface area contributed by atoms with Crippen LogP contribution in [0.2, 0.25) is 0 Å². The van der Waals surface area contributed by atoms with Crippen molar-refractivity contribution in [1.82, 2.24) is 14.8 Å². The number of rotatable bonds is 5. The van der Waals surface area contributed by atoms with Gasteiger partial charge in [0.15, 0.2) is 0 Å². The molecule has 0 amide bonds. The van der Waals surface area contributed by atoms with Gasteiger partial charge in [-0.1, -0.05) is 20.3 Å². The minimum Gasteiger partial charge on any atom is -0.393 e. The highest BCUT2D eigenvalue weighted by atomic mass is 16.3. The molecule has 2 atom stereocenters. The molecule has 0 aliphatic carbocycles. The van der Waals surface area contributed by atoms with Crippen LogP contribution in [0.25, 0.3) is 0 Å². The number of hydrogen-bond donors (Lipinski definition) is 1. The Kier molecular flexibility index (Phi) is 4.07. The van der Waals surface area contributed by atoms with Gasteiger partial charge < -0.3 is 5.11 Å². The van der Waals surface area contributed by atoms with E-state index in [9.17, 15) is 5.11 Å². The highest BCUT2D eigenvalue weighted by Gasteiger charge is 2.12. The Bertz CT molecular complexity index is 272. The second-order valence-corrected chi connectivity index (χ2v) is 3.91. The minimum atomic E-state index is -0.298. The lowest BCUT2D eigenvalue weighted by molar-refractivity contribution is 0.141. The monoisotopic (exact) mass is 197 g/mol. The van der Waals surface area contributed by atoms with E-state index in [1.165, 1.54) is 6.33 Å². The highest BCUT2D eigenvalue weighted by molar-refractivity contribution is 4.86. The summed E-state index contributed by atoms with van der Waals surface area (Å²) in [5.74, 6) is 1.42. The van der Waals surface area contributed by atoms with Crippen LogP contribution < -0.4 is 0 Å². The Morgan fingerprint density at radius 2 is 2.29 bits per heavy atom. The molecule has 1 aromatic heterocycles. The number of hydrogen-bond acceptors (Lipinski definition) is 3. The third-order valence-electron chi connectivity index (χ3n) is 2.59. The van der Waals surface area contributed by atoms with Crippen molar-refractivity contribution in [3.63, 3.8) is 0 Å². The van der Waals surface area contributed by atoms with Gasteiger partial charge in [0.25, 0.3) is 0 Å². The molecule has 4 heteroatoms. The Labute approximate surface area is 85.0 Å². The van der Waals surface area contributed by atoms with Crippen molar-refractivity contribution in [1.29, 1.82) is 0 Å². The third kappa shape index (κ3) is 3.10. The Morgan fingerprint density at radius 3 is 2.79 bits per heavy atom. The van der Waals surface area contributed by atoms with E-state index < -0.39 is 0 Å². The van der Waals surface area contributed by atoms with E-state index in [-0.39, 0.29) is 6.10 Å². The summed E-state index contributed by atoms with van der Waals surface area (Å²) in [7, 11) is 1.85. The van der Waals surface area contributed by atoms with E-state index in [1.807, 2.05) is 7.05 Å². The fraction of sp³-hybridized carbons (Fsp3) is 0.800. The SMILES string of the molecule is CCC(C)CC(O)Cc1ncnn1C. The number of aliphatic hydroxyl groups is 1. The zero-order valence-electron chi connectivity index (χ0n) is 9.14. The lowest BCUT2D eigenvalue weighted by Crippen LogP contribution is -2.17. The number of aliphatic hydroxyl groups excluding tert-OH is 1. The zero-order chi connectivity index (χ0) is 10.6. The molecule has 4 nitrogen and oxygen atoms in total. The highest BCUT2D eigenvalue weighted by Crippen LogP contribution is 2.12. The van der Waals surface area contributed by atoms with Crippen LogP contribution in [0.5, 0.6) is 0 Å². The molecule has 1 aromatic rings. The lowest BCUT2D eigenvalue weighted by atomic mass is 9.99. The van der Waals surface area contributed by atoms with Crippen molar-refractivity contribution in [3.8, 4) is 0 Å². The molecule has 14 heavy (non-hydrogen) atoms. The van der Waals surface area contributed by atoms with Crippen molar-refractivity contribution in [2.75, 3.05) is 0 Å². The van der Waals surface area contributed by atoms with E-state index in [1.54, 1.807) is 4.68 Å². The van der Waals surface area contributed by atoms with Crippen molar-refractivity contribution in [2.45, 2.75) is 39.2 Å². The first-order chi connectivity index (χ1) is 6.63. The Morgan fingerprint density at radius 1 is 1.57 bits per heavy atom. The van der Waals surface area contributed by atoms with Crippen molar-refractivity contribution >= 4 is 0 Å². The molecule has 0 aliphatic heterocycles. The van der Waals surface area contributed by atoms with Gasteiger partial charge in [-0.2, -0.15) is 5.10 Å². The van der Waals surface area contributed by atoms with Gasteiger partial charge >= 0.3 is 0 Å². The lowest BCUT2D eigenvalue weighted by Gasteiger charge is -2.14. The molecule has 0 saturated heterocycles. The maximum Gasteiger partial charge on any atom is 0.138 e. The van der Waals surface area contributed by atoms with Gasteiger partial charge in [0.05, 0.1) is 6.10 Å². The molecule has 1 N–H and O–H groups in total. The maximum atomic E-state index is 9.77. The molecule has 1 rings (SSSR count). The molecule has 0 radical (unpaired) electrons. The average Bonchev–Trinajstić information content (AvgIpc) is 2.51. The van der Waals surface area contributed by atoms with Gasteiger partial charge in [-0.15, -0.1) is 0 Å². The first-order valence-corrected chi connectivity index (χ1v) is 5.14. The first kappa shape index (κ1) is 11.2. The minimum absolute atomic E-state index is 0.298. The Balaban J connectivity index is 2.41. The fourth-order valence-corrected chi connectivity index (χ4v) is 1.43. The summed E-state index contributed by atoms with van der Waals surface area (Å²) in [6, 6.07) is 0. The molecule has 0 aliphatic rings. The zero-order valence-corrected chi connectivity index (χ0v) is 9.14. The maximum absolute atomic E-state index is 9.77. The Hall–Kier alpha value is -0.900. The molecule has 2 unspecified atom stereocenters. The van der Waals surface area contributed by atoms with Crippen molar-refractivity contribution in [2.24, 2.45) is 13.0 Å². The van der Waals surface area contributed by atoms with Gasteiger partial charge in [0, 0.05) is 13.5 Å². The van der Waals surface area contributed by atoms with Gasteiger partial charge in [-0.25, -0.2) is 4.98 Å². The predicted octanol–water partition coefficient (Wildman–Crippen LogP) is 1.15. The van der Waals surface area contributed by atoms with Crippen LogP contribution in [0, 0.1) is 5.92 Å². The summed E-state index contributed by atoms with van der Waals surface area (Å²) >= 11 is 0. The van der Waals surface area contributed by atoms with E-state index in [0.29, 0.717) is 12.3 Å². The second kappa shape index (κ2) is 5.10. The molecule has 0 spiro atoms. The first-order valence-electron chi connectivity index (χ1n) is 5.14. The van der Waals surface area contributed by atoms with Crippen LogP contribution in [0.15, 0.2) is 6.33 Å². The van der Waals surface area contributed by atoms with Crippen LogP contribution in [0.4, 0.5) is 0 Å².